The summed E-state index contributed by atoms with van der Waals surface area (Å²) >= 11 is 0. The fourth-order valence-corrected chi connectivity index (χ4v) is 2.97. The summed E-state index contributed by atoms with van der Waals surface area (Å²) < 4.78 is 13.4. The van der Waals surface area contributed by atoms with E-state index in [9.17, 15) is 14.0 Å². The first-order chi connectivity index (χ1) is 11.6. The lowest BCUT2D eigenvalue weighted by Gasteiger charge is -2.22. The zero-order chi connectivity index (χ0) is 17.1. The summed E-state index contributed by atoms with van der Waals surface area (Å²) in [6, 6.07) is 15.6. The zero-order valence-corrected chi connectivity index (χ0v) is 13.2. The largest absolute Gasteiger partial charge is 0.370 e. The third-order valence-corrected chi connectivity index (χ3v) is 4.30. The average molecular weight is 326 g/mol. The van der Waals surface area contributed by atoms with Gasteiger partial charge in [-0.2, -0.15) is 0 Å². The van der Waals surface area contributed by atoms with Crippen LogP contribution in [0, 0.1) is 11.7 Å². The standard InChI is InChI=1S/C19H19FN2O2/c20-14-6-4-5-13(11-14)16-12-17(16)19(24)22(10-9-18(21)23)15-7-2-1-3-8-15/h1-8,11,16-17H,9-10,12H2,(H2,21,23)/t16-,17-/m0/s1. The van der Waals surface area contributed by atoms with Crippen molar-refractivity contribution in [3.8, 4) is 0 Å². The van der Waals surface area contributed by atoms with Gasteiger partial charge in [-0.1, -0.05) is 30.3 Å². The van der Waals surface area contributed by atoms with E-state index in [0.717, 1.165) is 11.3 Å². The van der Waals surface area contributed by atoms with Gasteiger partial charge in [-0.15, -0.1) is 0 Å². The maximum Gasteiger partial charge on any atom is 0.230 e. The molecule has 0 radical (unpaired) electrons. The highest BCUT2D eigenvalue weighted by atomic mass is 19.1. The lowest BCUT2D eigenvalue weighted by atomic mass is 10.1. The van der Waals surface area contributed by atoms with Gasteiger partial charge in [0, 0.05) is 24.6 Å². The monoisotopic (exact) mass is 326 g/mol. The molecule has 0 bridgehead atoms. The van der Waals surface area contributed by atoms with Crippen molar-refractivity contribution in [3.63, 3.8) is 0 Å². The molecule has 124 valence electrons. The Bertz CT molecular complexity index is 748. The lowest BCUT2D eigenvalue weighted by Crippen LogP contribution is -2.35. The van der Waals surface area contributed by atoms with E-state index in [1.807, 2.05) is 36.4 Å². The van der Waals surface area contributed by atoms with Crippen molar-refractivity contribution in [2.45, 2.75) is 18.8 Å². The molecule has 2 amide bonds. The number of rotatable bonds is 6. The summed E-state index contributed by atoms with van der Waals surface area (Å²) in [7, 11) is 0. The molecular weight excluding hydrogens is 307 g/mol. The van der Waals surface area contributed by atoms with Gasteiger partial charge in [0.05, 0.1) is 0 Å². The van der Waals surface area contributed by atoms with Crippen LogP contribution >= 0.6 is 0 Å². The van der Waals surface area contributed by atoms with Gasteiger partial charge in [-0.05, 0) is 42.2 Å². The Kier molecular flexibility index (Phi) is 4.60. The van der Waals surface area contributed by atoms with Gasteiger partial charge in [0.15, 0.2) is 0 Å². The second-order valence-electron chi connectivity index (χ2n) is 6.05. The molecule has 1 aliphatic carbocycles. The average Bonchev–Trinajstić information content (AvgIpc) is 3.36. The van der Waals surface area contributed by atoms with Crippen LogP contribution in [0.4, 0.5) is 10.1 Å². The summed E-state index contributed by atoms with van der Waals surface area (Å²) in [5, 5.41) is 0. The van der Waals surface area contributed by atoms with Crippen LogP contribution < -0.4 is 10.6 Å². The fourth-order valence-electron chi connectivity index (χ4n) is 2.97. The predicted molar refractivity (Wildman–Crippen MR) is 89.9 cm³/mol. The number of benzene rings is 2. The minimum absolute atomic E-state index is 0.0352. The highest BCUT2D eigenvalue weighted by molar-refractivity contribution is 5.98. The summed E-state index contributed by atoms with van der Waals surface area (Å²) in [5.74, 6) is -0.926. The lowest BCUT2D eigenvalue weighted by molar-refractivity contribution is -0.120. The molecule has 0 heterocycles. The number of carbonyl (C=O) groups is 2. The Morgan fingerprint density at radius 2 is 1.88 bits per heavy atom. The first-order valence-electron chi connectivity index (χ1n) is 7.96. The Balaban J connectivity index is 1.76. The van der Waals surface area contributed by atoms with Crippen molar-refractivity contribution in [1.29, 1.82) is 0 Å². The van der Waals surface area contributed by atoms with Gasteiger partial charge >= 0.3 is 0 Å². The van der Waals surface area contributed by atoms with Crippen LogP contribution in [0.1, 0.15) is 24.3 Å². The van der Waals surface area contributed by atoms with E-state index in [1.54, 1.807) is 11.0 Å². The summed E-state index contributed by atoms with van der Waals surface area (Å²) in [5.41, 5.74) is 6.82. The third kappa shape index (κ3) is 3.62. The molecule has 0 spiro atoms. The Hall–Kier alpha value is -2.69. The van der Waals surface area contributed by atoms with Crippen molar-refractivity contribution in [2.24, 2.45) is 11.7 Å². The fraction of sp³-hybridized carbons (Fsp3) is 0.263. The molecular formula is C19H19FN2O2. The first kappa shape index (κ1) is 16.2. The summed E-state index contributed by atoms with van der Waals surface area (Å²) in [6.07, 6.45) is 0.806. The molecule has 1 fully saturated rings. The number of anilines is 1. The second-order valence-corrected chi connectivity index (χ2v) is 6.05. The van der Waals surface area contributed by atoms with E-state index in [-0.39, 0.29) is 36.5 Å². The van der Waals surface area contributed by atoms with E-state index in [0.29, 0.717) is 6.42 Å². The number of hydrogen-bond donors (Lipinski definition) is 1. The van der Waals surface area contributed by atoms with Crippen LogP contribution in [0.15, 0.2) is 54.6 Å². The van der Waals surface area contributed by atoms with Crippen LogP contribution in [-0.4, -0.2) is 18.4 Å². The number of nitrogens with zero attached hydrogens (tertiary/aromatic N) is 1. The molecule has 2 aromatic rings. The zero-order valence-electron chi connectivity index (χ0n) is 13.2. The Morgan fingerprint density at radius 1 is 1.12 bits per heavy atom. The van der Waals surface area contributed by atoms with E-state index < -0.39 is 5.91 Å². The molecule has 4 nitrogen and oxygen atoms in total. The normalized spacial score (nSPS) is 18.9. The van der Waals surface area contributed by atoms with Crippen LogP contribution in [0.5, 0.6) is 0 Å². The van der Waals surface area contributed by atoms with Crippen molar-refractivity contribution in [1.82, 2.24) is 0 Å². The van der Waals surface area contributed by atoms with Crippen molar-refractivity contribution >= 4 is 17.5 Å². The quantitative estimate of drug-likeness (QED) is 0.887. The molecule has 0 saturated heterocycles. The van der Waals surface area contributed by atoms with Crippen molar-refractivity contribution < 1.29 is 14.0 Å². The predicted octanol–water partition coefficient (Wildman–Crippen LogP) is 2.84. The second kappa shape index (κ2) is 6.83. The molecule has 1 saturated carbocycles. The molecule has 0 aromatic heterocycles. The van der Waals surface area contributed by atoms with Crippen LogP contribution in [0.2, 0.25) is 0 Å². The van der Waals surface area contributed by atoms with Gasteiger partial charge in [0.1, 0.15) is 5.82 Å². The highest BCUT2D eigenvalue weighted by Crippen LogP contribution is 2.49. The molecule has 24 heavy (non-hydrogen) atoms. The number of para-hydroxylation sites is 1. The highest BCUT2D eigenvalue weighted by Gasteiger charge is 2.46. The Labute approximate surface area is 140 Å². The molecule has 3 rings (SSSR count). The molecule has 0 unspecified atom stereocenters. The minimum atomic E-state index is -0.443. The first-order valence-corrected chi connectivity index (χ1v) is 7.96. The van der Waals surface area contributed by atoms with Crippen LogP contribution in [0.25, 0.3) is 0 Å². The molecule has 2 atom stereocenters. The summed E-state index contributed by atoms with van der Waals surface area (Å²) in [6.45, 7) is 0.255. The molecule has 2 aromatic carbocycles. The molecule has 0 aliphatic heterocycles. The smallest absolute Gasteiger partial charge is 0.230 e. The molecule has 1 aliphatic rings. The van der Waals surface area contributed by atoms with Crippen molar-refractivity contribution in [2.75, 3.05) is 11.4 Å². The number of hydrogen-bond acceptors (Lipinski definition) is 2. The number of carbonyl (C=O) groups excluding carboxylic acids is 2. The number of primary amides is 1. The van der Waals surface area contributed by atoms with E-state index in [4.69, 9.17) is 5.73 Å². The van der Waals surface area contributed by atoms with Crippen LogP contribution in [0.3, 0.4) is 0 Å². The van der Waals surface area contributed by atoms with Crippen molar-refractivity contribution in [3.05, 3.63) is 66.0 Å². The van der Waals surface area contributed by atoms with E-state index in [1.165, 1.54) is 12.1 Å². The SMILES string of the molecule is NC(=O)CCN(C(=O)[C@H]1C[C@H]1c1cccc(F)c1)c1ccccc1. The van der Waals surface area contributed by atoms with Gasteiger partial charge in [0.2, 0.25) is 11.8 Å². The number of amides is 2. The van der Waals surface area contributed by atoms with Gasteiger partial charge in [-0.25, -0.2) is 4.39 Å². The van der Waals surface area contributed by atoms with Gasteiger partial charge in [0.25, 0.3) is 0 Å². The van der Waals surface area contributed by atoms with Crippen LogP contribution in [-0.2, 0) is 9.59 Å². The van der Waals surface area contributed by atoms with Gasteiger partial charge in [-0.3, -0.25) is 9.59 Å². The van der Waals surface area contributed by atoms with E-state index in [2.05, 4.69) is 0 Å². The topological polar surface area (TPSA) is 63.4 Å². The maximum absolute atomic E-state index is 13.4. The third-order valence-electron chi connectivity index (χ3n) is 4.30. The van der Waals surface area contributed by atoms with Gasteiger partial charge < -0.3 is 10.6 Å². The molecule has 5 heteroatoms. The number of nitrogens with two attached hydrogens (primary N) is 1. The molecule has 2 N–H and O–H groups in total. The summed E-state index contributed by atoms with van der Waals surface area (Å²) in [4.78, 5) is 25.6. The minimum Gasteiger partial charge on any atom is -0.370 e. The maximum atomic E-state index is 13.4. The van der Waals surface area contributed by atoms with E-state index >= 15 is 0 Å². The number of halogens is 1. The Morgan fingerprint density at radius 3 is 2.54 bits per heavy atom.